The van der Waals surface area contributed by atoms with Crippen molar-refractivity contribution in [1.29, 1.82) is 0 Å². The van der Waals surface area contributed by atoms with Crippen LogP contribution in [-0.4, -0.2) is 33.0 Å². The number of hydrogen-bond acceptors (Lipinski definition) is 5. The fourth-order valence-electron chi connectivity index (χ4n) is 2.61. The van der Waals surface area contributed by atoms with E-state index in [1.54, 1.807) is 20.1 Å². The average Bonchev–Trinajstić information content (AvgIpc) is 3.12. The van der Waals surface area contributed by atoms with Crippen molar-refractivity contribution in [2.75, 3.05) is 12.4 Å². The van der Waals surface area contributed by atoms with Gasteiger partial charge >= 0.3 is 0 Å². The number of amides is 1. The molecular weight excluding hydrogens is 391 g/mol. The van der Waals surface area contributed by atoms with Crippen LogP contribution in [0.1, 0.15) is 6.92 Å². The molecule has 150 valence electrons. The van der Waals surface area contributed by atoms with Crippen LogP contribution < -0.4 is 10.1 Å². The summed E-state index contributed by atoms with van der Waals surface area (Å²) in [5.74, 6) is 0.875. The van der Waals surface area contributed by atoms with Crippen LogP contribution in [0.2, 0.25) is 0 Å². The zero-order valence-corrected chi connectivity index (χ0v) is 16.9. The Morgan fingerprint density at radius 2 is 1.93 bits per heavy atom. The Morgan fingerprint density at radius 3 is 2.55 bits per heavy atom. The number of halogens is 1. The first-order valence-electron chi connectivity index (χ1n) is 8.93. The van der Waals surface area contributed by atoms with Crippen molar-refractivity contribution in [1.82, 2.24) is 14.8 Å². The van der Waals surface area contributed by atoms with Gasteiger partial charge in [0.2, 0.25) is 5.91 Å². The lowest BCUT2D eigenvalue weighted by Crippen LogP contribution is -2.23. The first-order valence-corrected chi connectivity index (χ1v) is 9.81. The van der Waals surface area contributed by atoms with E-state index < -0.39 is 5.25 Å². The van der Waals surface area contributed by atoms with Gasteiger partial charge in [-0.25, -0.2) is 4.39 Å². The maximum atomic E-state index is 13.0. The van der Waals surface area contributed by atoms with E-state index in [-0.39, 0.29) is 11.7 Å². The summed E-state index contributed by atoms with van der Waals surface area (Å²) in [4.78, 5) is 12.5. The second kappa shape index (κ2) is 9.38. The van der Waals surface area contributed by atoms with Crippen molar-refractivity contribution < 1.29 is 13.9 Å². The number of carbonyl (C=O) groups is 1. The van der Waals surface area contributed by atoms with E-state index >= 15 is 0 Å². The number of nitrogens with one attached hydrogen (secondary N) is 1. The summed E-state index contributed by atoms with van der Waals surface area (Å²) in [6.07, 6.45) is 1.75. The maximum Gasteiger partial charge on any atom is 0.237 e. The highest BCUT2D eigenvalue weighted by atomic mass is 32.2. The van der Waals surface area contributed by atoms with Crippen LogP contribution in [0.3, 0.4) is 0 Å². The Hall–Kier alpha value is -3.13. The summed E-state index contributed by atoms with van der Waals surface area (Å²) in [6, 6.07) is 13.2. The monoisotopic (exact) mass is 412 g/mol. The number of anilines is 1. The highest BCUT2D eigenvalue weighted by Crippen LogP contribution is 2.28. The minimum atomic E-state index is -0.434. The van der Waals surface area contributed by atoms with Crippen LogP contribution in [0.25, 0.3) is 11.4 Å². The summed E-state index contributed by atoms with van der Waals surface area (Å²) in [7, 11) is 1.61. The van der Waals surface area contributed by atoms with Crippen LogP contribution in [-0.2, 0) is 11.3 Å². The molecule has 2 aromatic carbocycles. The van der Waals surface area contributed by atoms with Gasteiger partial charge in [-0.15, -0.1) is 16.8 Å². The molecule has 0 aliphatic carbocycles. The van der Waals surface area contributed by atoms with Crippen molar-refractivity contribution in [2.24, 2.45) is 0 Å². The highest BCUT2D eigenvalue weighted by molar-refractivity contribution is 8.00. The van der Waals surface area contributed by atoms with E-state index in [2.05, 4.69) is 22.1 Å². The third-order valence-electron chi connectivity index (χ3n) is 4.14. The SMILES string of the molecule is C=CCn1c(S[C@H](C)C(=O)Nc2ccc(F)cc2)nnc1-c1ccc(OC)cc1. The second-order valence-corrected chi connectivity index (χ2v) is 7.50. The summed E-state index contributed by atoms with van der Waals surface area (Å²) in [5.41, 5.74) is 1.42. The average molecular weight is 412 g/mol. The lowest BCUT2D eigenvalue weighted by molar-refractivity contribution is -0.115. The summed E-state index contributed by atoms with van der Waals surface area (Å²) < 4.78 is 20.1. The molecule has 3 rings (SSSR count). The van der Waals surface area contributed by atoms with E-state index in [0.717, 1.165) is 11.3 Å². The molecule has 1 atom stereocenters. The van der Waals surface area contributed by atoms with Gasteiger partial charge in [-0.05, 0) is 55.5 Å². The predicted molar refractivity (Wildman–Crippen MR) is 113 cm³/mol. The molecule has 0 bridgehead atoms. The molecule has 0 unspecified atom stereocenters. The van der Waals surface area contributed by atoms with Crippen LogP contribution >= 0.6 is 11.8 Å². The van der Waals surface area contributed by atoms with Crippen LogP contribution in [0, 0.1) is 5.82 Å². The Kier molecular flexibility index (Phi) is 6.66. The lowest BCUT2D eigenvalue weighted by atomic mass is 10.2. The molecule has 1 aromatic heterocycles. The number of rotatable bonds is 8. The van der Waals surface area contributed by atoms with E-state index in [0.29, 0.717) is 23.2 Å². The van der Waals surface area contributed by atoms with Gasteiger partial charge < -0.3 is 10.1 Å². The first kappa shape index (κ1) is 20.6. The second-order valence-electron chi connectivity index (χ2n) is 6.19. The number of carbonyl (C=O) groups excluding carboxylic acids is 1. The molecule has 0 fully saturated rings. The van der Waals surface area contributed by atoms with Crippen molar-refractivity contribution >= 4 is 23.4 Å². The van der Waals surface area contributed by atoms with E-state index in [4.69, 9.17) is 4.74 Å². The number of hydrogen-bond donors (Lipinski definition) is 1. The minimum Gasteiger partial charge on any atom is -0.497 e. The smallest absolute Gasteiger partial charge is 0.237 e. The molecule has 0 aliphatic heterocycles. The fourth-order valence-corrected chi connectivity index (χ4v) is 3.47. The number of aromatic nitrogens is 3. The van der Waals surface area contributed by atoms with Gasteiger partial charge in [-0.3, -0.25) is 9.36 Å². The normalized spacial score (nSPS) is 11.7. The molecule has 1 N–H and O–H groups in total. The first-order chi connectivity index (χ1) is 14.0. The Morgan fingerprint density at radius 1 is 1.24 bits per heavy atom. The van der Waals surface area contributed by atoms with Gasteiger partial charge in [0.15, 0.2) is 11.0 Å². The van der Waals surface area contributed by atoms with Gasteiger partial charge in [0, 0.05) is 17.8 Å². The number of benzene rings is 2. The third kappa shape index (κ3) is 5.03. The van der Waals surface area contributed by atoms with Crippen molar-refractivity contribution in [3.63, 3.8) is 0 Å². The summed E-state index contributed by atoms with van der Waals surface area (Å²) in [6.45, 7) is 6.08. The van der Waals surface area contributed by atoms with Crippen LogP contribution in [0.5, 0.6) is 5.75 Å². The zero-order chi connectivity index (χ0) is 20.8. The summed E-state index contributed by atoms with van der Waals surface area (Å²) in [5, 5.41) is 11.5. The quantitative estimate of drug-likeness (QED) is 0.439. The molecule has 3 aromatic rings. The largest absolute Gasteiger partial charge is 0.497 e. The zero-order valence-electron chi connectivity index (χ0n) is 16.1. The van der Waals surface area contributed by atoms with Gasteiger partial charge in [0.05, 0.1) is 12.4 Å². The Bertz CT molecular complexity index is 987. The lowest BCUT2D eigenvalue weighted by Gasteiger charge is -2.13. The molecule has 29 heavy (non-hydrogen) atoms. The fraction of sp³-hybridized carbons (Fsp3) is 0.190. The number of allylic oxidation sites excluding steroid dienone is 1. The molecule has 0 aliphatic rings. The standard InChI is InChI=1S/C21H21FN4O2S/c1-4-13-26-19(15-5-11-18(28-3)12-6-15)24-25-21(26)29-14(2)20(27)23-17-9-7-16(22)8-10-17/h4-12,14H,1,13H2,2-3H3,(H,23,27)/t14-/m1/s1. The summed E-state index contributed by atoms with van der Waals surface area (Å²) >= 11 is 1.29. The molecular formula is C21H21FN4O2S. The number of nitrogens with zero attached hydrogens (tertiary/aromatic N) is 3. The van der Waals surface area contributed by atoms with Gasteiger partial charge in [0.25, 0.3) is 0 Å². The minimum absolute atomic E-state index is 0.208. The molecule has 0 radical (unpaired) electrons. The van der Waals surface area contributed by atoms with E-state index in [9.17, 15) is 9.18 Å². The van der Waals surface area contributed by atoms with Gasteiger partial charge in [-0.2, -0.15) is 0 Å². The molecule has 8 heteroatoms. The highest BCUT2D eigenvalue weighted by Gasteiger charge is 2.20. The molecule has 0 saturated carbocycles. The number of methoxy groups -OCH3 is 1. The number of ether oxygens (including phenoxy) is 1. The van der Waals surface area contributed by atoms with Crippen molar-refractivity contribution in [3.8, 4) is 17.1 Å². The van der Waals surface area contributed by atoms with Crippen molar-refractivity contribution in [2.45, 2.75) is 23.9 Å². The van der Waals surface area contributed by atoms with Gasteiger partial charge in [0.1, 0.15) is 11.6 Å². The maximum absolute atomic E-state index is 13.0. The predicted octanol–water partition coefficient (Wildman–Crippen LogP) is 4.40. The molecule has 1 amide bonds. The molecule has 0 spiro atoms. The topological polar surface area (TPSA) is 69.0 Å². The Labute approximate surface area is 172 Å². The van der Waals surface area contributed by atoms with Crippen LogP contribution in [0.4, 0.5) is 10.1 Å². The third-order valence-corrected chi connectivity index (χ3v) is 5.22. The van der Waals surface area contributed by atoms with Gasteiger partial charge in [-0.1, -0.05) is 17.8 Å². The molecule has 6 nitrogen and oxygen atoms in total. The molecule has 0 saturated heterocycles. The Balaban J connectivity index is 1.77. The number of thioether (sulfide) groups is 1. The van der Waals surface area contributed by atoms with E-state index in [1.807, 2.05) is 28.8 Å². The molecule has 1 heterocycles. The van der Waals surface area contributed by atoms with E-state index in [1.165, 1.54) is 36.0 Å². The van der Waals surface area contributed by atoms with Crippen LogP contribution in [0.15, 0.2) is 66.3 Å². The van der Waals surface area contributed by atoms with Crippen molar-refractivity contribution in [3.05, 3.63) is 67.0 Å².